The highest BCUT2D eigenvalue weighted by Crippen LogP contribution is 2.25. The van der Waals surface area contributed by atoms with E-state index in [-0.39, 0.29) is 11.8 Å². The molecule has 2 amide bonds. The van der Waals surface area contributed by atoms with Gasteiger partial charge in [-0.05, 0) is 49.3 Å². The van der Waals surface area contributed by atoms with Crippen LogP contribution in [0.4, 0.5) is 0 Å². The number of benzene rings is 1. The lowest BCUT2D eigenvalue weighted by Crippen LogP contribution is -2.41. The molecular weight excluding hydrogens is 340 g/mol. The molecular formula is C19H25ClN2O3. The number of piperidine rings is 1. The van der Waals surface area contributed by atoms with Crippen LogP contribution in [-0.2, 0) is 9.59 Å². The van der Waals surface area contributed by atoms with Gasteiger partial charge in [-0.15, -0.1) is 0 Å². The summed E-state index contributed by atoms with van der Waals surface area (Å²) < 4.78 is 0. The van der Waals surface area contributed by atoms with E-state index in [1.165, 1.54) is 0 Å². The van der Waals surface area contributed by atoms with Crippen LogP contribution in [0.1, 0.15) is 43.8 Å². The highest BCUT2D eigenvalue weighted by atomic mass is 35.5. The second-order valence-electron chi connectivity index (χ2n) is 7.00. The third kappa shape index (κ3) is 4.53. The summed E-state index contributed by atoms with van der Waals surface area (Å²) in [5.41, 5.74) is 0.573. The Morgan fingerprint density at radius 2 is 1.88 bits per heavy atom. The fraction of sp³-hybridized carbons (Fsp3) is 0.579. The van der Waals surface area contributed by atoms with Gasteiger partial charge >= 0.3 is 0 Å². The second kappa shape index (κ2) is 8.19. The molecule has 0 saturated carbocycles. The van der Waals surface area contributed by atoms with Crippen LogP contribution in [0.3, 0.4) is 0 Å². The first kappa shape index (κ1) is 18.2. The Morgan fingerprint density at radius 3 is 2.48 bits per heavy atom. The summed E-state index contributed by atoms with van der Waals surface area (Å²) in [4.78, 5) is 27.9. The van der Waals surface area contributed by atoms with Gasteiger partial charge in [0.05, 0.1) is 0 Å². The summed E-state index contributed by atoms with van der Waals surface area (Å²) in [5, 5.41) is 10.9. The first-order valence-corrected chi connectivity index (χ1v) is 9.42. The van der Waals surface area contributed by atoms with Crippen LogP contribution < -0.4 is 0 Å². The molecule has 2 aliphatic heterocycles. The van der Waals surface area contributed by atoms with Crippen molar-refractivity contribution < 1.29 is 14.7 Å². The van der Waals surface area contributed by atoms with Gasteiger partial charge in [0.25, 0.3) is 5.91 Å². The molecule has 2 heterocycles. The van der Waals surface area contributed by atoms with E-state index in [9.17, 15) is 14.7 Å². The van der Waals surface area contributed by atoms with Gasteiger partial charge < -0.3 is 14.9 Å². The Bertz CT molecular complexity index is 612. The molecule has 0 aliphatic carbocycles. The summed E-state index contributed by atoms with van der Waals surface area (Å²) in [6, 6.07) is 6.73. The van der Waals surface area contributed by atoms with E-state index in [0.29, 0.717) is 36.0 Å². The van der Waals surface area contributed by atoms with Gasteiger partial charge in [0.15, 0.2) is 6.10 Å². The Hall–Kier alpha value is -1.59. The maximum absolute atomic E-state index is 12.5. The molecule has 0 bridgehead atoms. The third-order valence-electron chi connectivity index (χ3n) is 5.32. The number of aliphatic hydroxyl groups excluding tert-OH is 1. The van der Waals surface area contributed by atoms with E-state index in [0.717, 1.165) is 38.8 Å². The largest absolute Gasteiger partial charge is 0.378 e. The maximum atomic E-state index is 12.5. The Morgan fingerprint density at radius 1 is 1.20 bits per heavy atom. The molecule has 0 spiro atoms. The molecule has 25 heavy (non-hydrogen) atoms. The minimum atomic E-state index is -1.13. The Kier molecular flexibility index (Phi) is 5.97. The van der Waals surface area contributed by atoms with Crippen molar-refractivity contribution in [1.82, 2.24) is 9.80 Å². The zero-order valence-electron chi connectivity index (χ0n) is 14.4. The summed E-state index contributed by atoms with van der Waals surface area (Å²) >= 11 is 5.84. The Balaban J connectivity index is 1.45. The summed E-state index contributed by atoms with van der Waals surface area (Å²) in [7, 11) is 0. The maximum Gasteiger partial charge on any atom is 0.256 e. The lowest BCUT2D eigenvalue weighted by atomic mass is 9.93. The van der Waals surface area contributed by atoms with Crippen LogP contribution >= 0.6 is 11.6 Å². The minimum Gasteiger partial charge on any atom is -0.378 e. The number of aliphatic hydroxyl groups is 1. The monoisotopic (exact) mass is 364 g/mol. The standard InChI is InChI=1S/C19H25ClN2O3/c20-16-5-3-15(4-6-16)18(24)19(25)22-12-8-14(9-13-22)7-11-21-10-1-2-17(21)23/h3-6,14,18,24H,1-2,7-13H2/t18-/m1/s1. The van der Waals surface area contributed by atoms with E-state index >= 15 is 0 Å². The number of carbonyl (C=O) groups is 2. The highest BCUT2D eigenvalue weighted by molar-refractivity contribution is 6.30. The summed E-state index contributed by atoms with van der Waals surface area (Å²) in [5.74, 6) is 0.583. The molecule has 0 unspecified atom stereocenters. The van der Waals surface area contributed by atoms with Gasteiger partial charge in [-0.1, -0.05) is 23.7 Å². The summed E-state index contributed by atoms with van der Waals surface area (Å²) in [6.45, 7) is 3.07. The van der Waals surface area contributed by atoms with Crippen LogP contribution in [0.2, 0.25) is 5.02 Å². The molecule has 2 fully saturated rings. The zero-order valence-corrected chi connectivity index (χ0v) is 15.1. The lowest BCUT2D eigenvalue weighted by Gasteiger charge is -2.34. The van der Waals surface area contributed by atoms with Gasteiger partial charge in [-0.3, -0.25) is 9.59 Å². The highest BCUT2D eigenvalue weighted by Gasteiger charge is 2.28. The minimum absolute atomic E-state index is 0.240. The molecule has 1 N–H and O–H groups in total. The van der Waals surface area contributed by atoms with Crippen molar-refractivity contribution in [3.8, 4) is 0 Å². The molecule has 1 aromatic carbocycles. The number of amides is 2. The number of halogens is 1. The quantitative estimate of drug-likeness (QED) is 0.873. The van der Waals surface area contributed by atoms with Crippen LogP contribution in [0.25, 0.3) is 0 Å². The SMILES string of the molecule is O=C1CCCN1CCC1CCN(C(=O)[C@H](O)c2ccc(Cl)cc2)CC1. The molecule has 1 atom stereocenters. The number of carbonyl (C=O) groups excluding carboxylic acids is 2. The average molecular weight is 365 g/mol. The van der Waals surface area contributed by atoms with Crippen molar-refractivity contribution in [2.24, 2.45) is 5.92 Å². The molecule has 2 saturated heterocycles. The first-order valence-electron chi connectivity index (χ1n) is 9.04. The number of hydrogen-bond acceptors (Lipinski definition) is 3. The van der Waals surface area contributed by atoms with E-state index in [1.807, 2.05) is 4.90 Å². The van der Waals surface area contributed by atoms with E-state index < -0.39 is 6.10 Å². The molecule has 3 rings (SSSR count). The van der Waals surface area contributed by atoms with E-state index in [2.05, 4.69) is 0 Å². The average Bonchev–Trinajstić information content (AvgIpc) is 3.05. The molecule has 0 aromatic heterocycles. The van der Waals surface area contributed by atoms with Crippen LogP contribution in [0, 0.1) is 5.92 Å². The topological polar surface area (TPSA) is 60.9 Å². The van der Waals surface area contributed by atoms with Crippen LogP contribution in [0.15, 0.2) is 24.3 Å². The molecule has 5 nitrogen and oxygen atoms in total. The fourth-order valence-corrected chi connectivity index (χ4v) is 3.81. The molecule has 2 aliphatic rings. The van der Waals surface area contributed by atoms with E-state index in [4.69, 9.17) is 11.6 Å². The molecule has 136 valence electrons. The van der Waals surface area contributed by atoms with Gasteiger partial charge in [-0.2, -0.15) is 0 Å². The van der Waals surface area contributed by atoms with Crippen molar-refractivity contribution in [1.29, 1.82) is 0 Å². The smallest absolute Gasteiger partial charge is 0.256 e. The molecule has 6 heteroatoms. The second-order valence-corrected chi connectivity index (χ2v) is 7.43. The van der Waals surface area contributed by atoms with Gasteiger partial charge in [-0.25, -0.2) is 0 Å². The first-order chi connectivity index (χ1) is 12.0. The summed E-state index contributed by atoms with van der Waals surface area (Å²) in [6.07, 6.45) is 3.41. The van der Waals surface area contributed by atoms with Gasteiger partial charge in [0.1, 0.15) is 0 Å². The molecule has 1 aromatic rings. The van der Waals surface area contributed by atoms with Crippen molar-refractivity contribution in [2.45, 2.75) is 38.2 Å². The third-order valence-corrected chi connectivity index (χ3v) is 5.58. The predicted octanol–water partition coefficient (Wildman–Crippen LogP) is 2.62. The number of rotatable bonds is 5. The number of likely N-dealkylation sites (tertiary alicyclic amines) is 2. The fourth-order valence-electron chi connectivity index (χ4n) is 3.68. The lowest BCUT2D eigenvalue weighted by molar-refractivity contribution is -0.142. The molecule has 0 radical (unpaired) electrons. The van der Waals surface area contributed by atoms with Crippen molar-refractivity contribution in [3.63, 3.8) is 0 Å². The van der Waals surface area contributed by atoms with Crippen molar-refractivity contribution >= 4 is 23.4 Å². The Labute approximate surface area is 153 Å². The number of hydrogen-bond donors (Lipinski definition) is 1. The zero-order chi connectivity index (χ0) is 17.8. The van der Waals surface area contributed by atoms with Crippen LogP contribution in [0.5, 0.6) is 0 Å². The van der Waals surface area contributed by atoms with Gasteiger partial charge in [0.2, 0.25) is 5.91 Å². The van der Waals surface area contributed by atoms with E-state index in [1.54, 1.807) is 29.2 Å². The number of nitrogens with zero attached hydrogens (tertiary/aromatic N) is 2. The van der Waals surface area contributed by atoms with Crippen molar-refractivity contribution in [3.05, 3.63) is 34.9 Å². The van der Waals surface area contributed by atoms with Crippen LogP contribution in [-0.4, -0.2) is 52.9 Å². The normalized spacial score (nSPS) is 20.2. The van der Waals surface area contributed by atoms with Crippen molar-refractivity contribution in [2.75, 3.05) is 26.2 Å². The van der Waals surface area contributed by atoms with Gasteiger partial charge in [0, 0.05) is 37.6 Å². The predicted molar refractivity (Wildman–Crippen MR) is 96.1 cm³/mol.